The van der Waals surface area contributed by atoms with Crippen molar-refractivity contribution >= 4 is 17.3 Å². The van der Waals surface area contributed by atoms with Gasteiger partial charge in [-0.25, -0.2) is 0 Å². The summed E-state index contributed by atoms with van der Waals surface area (Å²) in [6.07, 6.45) is -0.952. The molecular weight excluding hydrogens is 372 g/mol. The van der Waals surface area contributed by atoms with Gasteiger partial charge < -0.3 is 14.8 Å². The van der Waals surface area contributed by atoms with Crippen LogP contribution in [-0.2, 0) is 4.79 Å². The molecule has 148 valence electrons. The van der Waals surface area contributed by atoms with Gasteiger partial charge in [-0.1, -0.05) is 42.5 Å². The highest BCUT2D eigenvalue weighted by molar-refractivity contribution is 5.96. The maximum Gasteiger partial charge on any atom is 0.270 e. The van der Waals surface area contributed by atoms with Gasteiger partial charge in [-0.05, 0) is 31.2 Å². The highest BCUT2D eigenvalue weighted by Crippen LogP contribution is 2.28. The second-order valence-electron chi connectivity index (χ2n) is 6.08. The van der Waals surface area contributed by atoms with Gasteiger partial charge in [0.25, 0.3) is 11.6 Å². The zero-order valence-electron chi connectivity index (χ0n) is 15.8. The molecule has 7 nitrogen and oxygen atoms in total. The van der Waals surface area contributed by atoms with Crippen LogP contribution in [0.15, 0.2) is 78.9 Å². The summed E-state index contributed by atoms with van der Waals surface area (Å²) in [4.78, 5) is 23.4. The predicted octanol–water partition coefficient (Wildman–Crippen LogP) is 4.75. The monoisotopic (exact) mass is 392 g/mol. The topological polar surface area (TPSA) is 90.7 Å². The fraction of sp³-hybridized carbons (Fsp3) is 0.136. The Morgan fingerprint density at radius 1 is 1.00 bits per heavy atom. The van der Waals surface area contributed by atoms with Gasteiger partial charge in [0.2, 0.25) is 6.10 Å². The van der Waals surface area contributed by atoms with Crippen LogP contribution in [0, 0.1) is 10.1 Å². The zero-order chi connectivity index (χ0) is 20.6. The van der Waals surface area contributed by atoms with E-state index in [1.165, 1.54) is 24.3 Å². The van der Waals surface area contributed by atoms with Crippen LogP contribution >= 0.6 is 0 Å². The standard InChI is InChI=1S/C22H20N2O5/c1-2-28-20-11-7-6-10-19(20)23-22(25)21(16-8-4-3-5-9-16)29-18-14-12-17(13-15-18)24(26)27/h3-15,21H,2H2,1H3,(H,23,25)/t21-/m0/s1. The van der Waals surface area contributed by atoms with E-state index in [-0.39, 0.29) is 11.6 Å². The van der Waals surface area contributed by atoms with Crippen LogP contribution in [0.2, 0.25) is 0 Å². The second kappa shape index (κ2) is 9.36. The lowest BCUT2D eigenvalue weighted by molar-refractivity contribution is -0.384. The van der Waals surface area contributed by atoms with Crippen molar-refractivity contribution in [1.29, 1.82) is 0 Å². The number of amides is 1. The third kappa shape index (κ3) is 5.10. The number of nitrogens with one attached hydrogen (secondary N) is 1. The zero-order valence-corrected chi connectivity index (χ0v) is 15.8. The maximum absolute atomic E-state index is 13.0. The van der Waals surface area contributed by atoms with Crippen LogP contribution < -0.4 is 14.8 Å². The Bertz CT molecular complexity index is 974. The second-order valence-corrected chi connectivity index (χ2v) is 6.08. The molecule has 0 unspecified atom stereocenters. The number of hydrogen-bond donors (Lipinski definition) is 1. The van der Waals surface area contributed by atoms with Crippen LogP contribution in [-0.4, -0.2) is 17.4 Å². The molecule has 7 heteroatoms. The number of nitro groups is 1. The Balaban J connectivity index is 1.86. The summed E-state index contributed by atoms with van der Waals surface area (Å²) in [6.45, 7) is 2.33. The van der Waals surface area contributed by atoms with Gasteiger partial charge in [0.1, 0.15) is 11.5 Å². The molecule has 0 bridgehead atoms. The van der Waals surface area contributed by atoms with Gasteiger partial charge in [-0.2, -0.15) is 0 Å². The Kier molecular flexibility index (Phi) is 6.42. The van der Waals surface area contributed by atoms with Gasteiger partial charge >= 0.3 is 0 Å². The number of para-hydroxylation sites is 2. The van der Waals surface area contributed by atoms with E-state index < -0.39 is 11.0 Å². The van der Waals surface area contributed by atoms with E-state index in [1.807, 2.05) is 31.2 Å². The number of rotatable bonds is 8. The van der Waals surface area contributed by atoms with E-state index in [9.17, 15) is 14.9 Å². The normalized spacial score (nSPS) is 11.3. The van der Waals surface area contributed by atoms with Crippen molar-refractivity contribution in [2.24, 2.45) is 0 Å². The Labute approximate surface area is 168 Å². The van der Waals surface area contributed by atoms with Crippen LogP contribution in [0.5, 0.6) is 11.5 Å². The molecular formula is C22H20N2O5. The van der Waals surface area contributed by atoms with Crippen molar-refractivity contribution in [2.75, 3.05) is 11.9 Å². The minimum atomic E-state index is -0.952. The van der Waals surface area contributed by atoms with Crippen molar-refractivity contribution in [3.8, 4) is 11.5 Å². The van der Waals surface area contributed by atoms with Gasteiger partial charge in [0.05, 0.1) is 17.2 Å². The first-order valence-electron chi connectivity index (χ1n) is 9.07. The quantitative estimate of drug-likeness (QED) is 0.441. The minimum Gasteiger partial charge on any atom is -0.492 e. The molecule has 3 aromatic carbocycles. The summed E-state index contributed by atoms with van der Waals surface area (Å²) in [7, 11) is 0. The number of anilines is 1. The van der Waals surface area contributed by atoms with Crippen molar-refractivity contribution < 1.29 is 19.2 Å². The van der Waals surface area contributed by atoms with Gasteiger partial charge in [0, 0.05) is 17.7 Å². The van der Waals surface area contributed by atoms with Crippen molar-refractivity contribution in [3.63, 3.8) is 0 Å². The van der Waals surface area contributed by atoms with E-state index >= 15 is 0 Å². The van der Waals surface area contributed by atoms with Crippen molar-refractivity contribution in [3.05, 3.63) is 94.5 Å². The average molecular weight is 392 g/mol. The van der Waals surface area contributed by atoms with Gasteiger partial charge in [0.15, 0.2) is 0 Å². The maximum atomic E-state index is 13.0. The fourth-order valence-electron chi connectivity index (χ4n) is 2.73. The SMILES string of the molecule is CCOc1ccccc1NC(=O)[C@@H](Oc1ccc([N+](=O)[O-])cc1)c1ccccc1. The molecule has 29 heavy (non-hydrogen) atoms. The predicted molar refractivity (Wildman–Crippen MR) is 109 cm³/mol. The highest BCUT2D eigenvalue weighted by Gasteiger charge is 2.24. The first kappa shape index (κ1) is 19.9. The highest BCUT2D eigenvalue weighted by atomic mass is 16.6. The third-order valence-corrected chi connectivity index (χ3v) is 4.09. The molecule has 3 rings (SSSR count). The number of hydrogen-bond acceptors (Lipinski definition) is 5. The number of nitro benzene ring substituents is 1. The smallest absolute Gasteiger partial charge is 0.270 e. The van der Waals surface area contributed by atoms with E-state index in [0.717, 1.165) is 0 Å². The van der Waals surface area contributed by atoms with Gasteiger partial charge in [-0.3, -0.25) is 14.9 Å². The first-order valence-corrected chi connectivity index (χ1v) is 9.07. The lowest BCUT2D eigenvalue weighted by atomic mass is 10.1. The van der Waals surface area contributed by atoms with E-state index in [1.54, 1.807) is 30.3 Å². The molecule has 0 aromatic heterocycles. The molecule has 1 amide bonds. The molecule has 3 aromatic rings. The molecule has 0 saturated heterocycles. The third-order valence-electron chi connectivity index (χ3n) is 4.09. The number of carbonyl (C=O) groups is 1. The fourth-order valence-corrected chi connectivity index (χ4v) is 2.73. The lowest BCUT2D eigenvalue weighted by Crippen LogP contribution is -2.26. The van der Waals surface area contributed by atoms with Gasteiger partial charge in [-0.15, -0.1) is 0 Å². The van der Waals surface area contributed by atoms with Crippen molar-refractivity contribution in [1.82, 2.24) is 0 Å². The van der Waals surface area contributed by atoms with E-state index in [2.05, 4.69) is 5.32 Å². The number of carbonyl (C=O) groups excluding carboxylic acids is 1. The molecule has 1 atom stereocenters. The first-order chi connectivity index (χ1) is 14.1. The number of nitrogens with zero attached hydrogens (tertiary/aromatic N) is 1. The summed E-state index contributed by atoms with van der Waals surface area (Å²) in [5, 5.41) is 13.7. The van der Waals surface area contributed by atoms with Crippen LogP contribution in [0.3, 0.4) is 0 Å². The molecule has 0 fully saturated rings. The minimum absolute atomic E-state index is 0.0521. The summed E-state index contributed by atoms with van der Waals surface area (Å²) >= 11 is 0. The largest absolute Gasteiger partial charge is 0.492 e. The molecule has 0 radical (unpaired) electrons. The van der Waals surface area contributed by atoms with Crippen molar-refractivity contribution in [2.45, 2.75) is 13.0 Å². The summed E-state index contributed by atoms with van der Waals surface area (Å²) < 4.78 is 11.5. The molecule has 0 aliphatic rings. The van der Waals surface area contributed by atoms with Crippen LogP contribution in [0.4, 0.5) is 11.4 Å². The number of non-ortho nitro benzene ring substituents is 1. The number of ether oxygens (including phenoxy) is 2. The lowest BCUT2D eigenvalue weighted by Gasteiger charge is -2.20. The average Bonchev–Trinajstić information content (AvgIpc) is 2.74. The molecule has 0 aliphatic heterocycles. The summed E-state index contributed by atoms with van der Waals surface area (Å²) in [5.41, 5.74) is 1.13. The molecule has 0 saturated carbocycles. The van der Waals surface area contributed by atoms with Crippen LogP contribution in [0.25, 0.3) is 0 Å². The summed E-state index contributed by atoms with van der Waals surface area (Å²) in [5.74, 6) is 0.518. The Hall–Kier alpha value is -3.87. The molecule has 1 N–H and O–H groups in total. The van der Waals surface area contributed by atoms with Crippen LogP contribution in [0.1, 0.15) is 18.6 Å². The van der Waals surface area contributed by atoms with E-state index in [4.69, 9.17) is 9.47 Å². The molecule has 0 aliphatic carbocycles. The summed E-state index contributed by atoms with van der Waals surface area (Å²) in [6, 6.07) is 21.8. The molecule has 0 heterocycles. The molecule has 0 spiro atoms. The number of benzene rings is 3. The van der Waals surface area contributed by atoms with E-state index in [0.29, 0.717) is 29.4 Å². The Morgan fingerprint density at radius 2 is 1.66 bits per heavy atom. The Morgan fingerprint density at radius 3 is 2.31 bits per heavy atom.